The lowest BCUT2D eigenvalue weighted by atomic mass is 10.0. The molecule has 1 atom stereocenters. The fraction of sp³-hybridized carbons (Fsp3) is 0.417. The highest BCUT2D eigenvalue weighted by Crippen LogP contribution is 2.26. The number of amides is 2. The molecule has 3 rings (SSSR count). The first-order valence-corrected chi connectivity index (χ1v) is 10.5. The average molecular weight is 394 g/mol. The lowest BCUT2D eigenvalue weighted by Crippen LogP contribution is -2.45. The molecule has 0 spiro atoms. The number of carbonyl (C=O) groups excluding carboxylic acids is 2. The second-order valence-electron chi connectivity index (χ2n) is 7.68. The minimum Gasteiger partial charge on any atom is -0.341 e. The first kappa shape index (κ1) is 21.1. The molecule has 0 saturated carbocycles. The van der Waals surface area contributed by atoms with Gasteiger partial charge in [0.15, 0.2) is 0 Å². The lowest BCUT2D eigenvalue weighted by molar-refractivity contribution is -0.137. The highest BCUT2D eigenvalue weighted by Gasteiger charge is 2.33. The van der Waals surface area contributed by atoms with Crippen LogP contribution in [-0.4, -0.2) is 47.8 Å². The van der Waals surface area contributed by atoms with Gasteiger partial charge in [-0.05, 0) is 49.9 Å². The van der Waals surface area contributed by atoms with E-state index in [0.29, 0.717) is 6.54 Å². The Bertz CT molecular complexity index is 816. The van der Waals surface area contributed by atoms with Gasteiger partial charge in [0.1, 0.15) is 6.04 Å². The Kier molecular flexibility index (Phi) is 7.42. The van der Waals surface area contributed by atoms with Crippen LogP contribution in [0.5, 0.6) is 0 Å². The fourth-order valence-corrected chi connectivity index (χ4v) is 3.93. The van der Waals surface area contributed by atoms with E-state index in [2.05, 4.69) is 12.2 Å². The highest BCUT2D eigenvalue weighted by atomic mass is 16.2. The van der Waals surface area contributed by atoms with Gasteiger partial charge in [0.2, 0.25) is 11.8 Å². The number of rotatable bonds is 8. The van der Waals surface area contributed by atoms with E-state index in [1.807, 2.05) is 71.3 Å². The molecule has 1 N–H and O–H groups in total. The molecule has 29 heavy (non-hydrogen) atoms. The number of nitrogens with one attached hydrogen (secondary N) is 1. The van der Waals surface area contributed by atoms with Gasteiger partial charge >= 0.3 is 0 Å². The average Bonchev–Trinajstić information content (AvgIpc) is 3.26. The summed E-state index contributed by atoms with van der Waals surface area (Å²) >= 11 is 0. The summed E-state index contributed by atoms with van der Waals surface area (Å²) in [7, 11) is 0. The minimum absolute atomic E-state index is 0.0945. The molecule has 2 amide bonds. The molecule has 5 heteroatoms. The van der Waals surface area contributed by atoms with Crippen molar-refractivity contribution in [2.45, 2.75) is 39.2 Å². The summed E-state index contributed by atoms with van der Waals surface area (Å²) < 4.78 is 0. The quantitative estimate of drug-likeness (QED) is 0.737. The number of hydrogen-bond acceptors (Lipinski definition) is 3. The molecule has 1 saturated heterocycles. The first-order valence-electron chi connectivity index (χ1n) is 10.5. The Balaban J connectivity index is 1.82. The molecule has 5 nitrogen and oxygen atoms in total. The first-order chi connectivity index (χ1) is 14.1. The van der Waals surface area contributed by atoms with Gasteiger partial charge in [0.05, 0.1) is 6.54 Å². The zero-order valence-corrected chi connectivity index (χ0v) is 17.4. The van der Waals surface area contributed by atoms with Crippen molar-refractivity contribution >= 4 is 17.5 Å². The monoisotopic (exact) mass is 393 g/mol. The Labute approximate surface area is 173 Å². The van der Waals surface area contributed by atoms with Crippen LogP contribution in [0.2, 0.25) is 0 Å². The summed E-state index contributed by atoms with van der Waals surface area (Å²) in [4.78, 5) is 30.2. The molecule has 0 radical (unpaired) electrons. The van der Waals surface area contributed by atoms with Crippen molar-refractivity contribution in [2.24, 2.45) is 0 Å². The van der Waals surface area contributed by atoms with Gasteiger partial charge in [0.25, 0.3) is 0 Å². The van der Waals surface area contributed by atoms with Crippen LogP contribution in [0.4, 0.5) is 5.69 Å². The van der Waals surface area contributed by atoms with Gasteiger partial charge in [-0.1, -0.05) is 55.5 Å². The van der Waals surface area contributed by atoms with Crippen LogP contribution in [0.25, 0.3) is 0 Å². The van der Waals surface area contributed by atoms with Gasteiger partial charge in [-0.3, -0.25) is 14.5 Å². The summed E-state index contributed by atoms with van der Waals surface area (Å²) in [6.07, 6.45) is 2.97. The smallest absolute Gasteiger partial charge is 0.244 e. The van der Waals surface area contributed by atoms with E-state index < -0.39 is 6.04 Å². The van der Waals surface area contributed by atoms with E-state index >= 15 is 0 Å². The second kappa shape index (κ2) is 10.2. The van der Waals surface area contributed by atoms with Crippen LogP contribution in [0.1, 0.15) is 43.4 Å². The predicted octanol–water partition coefficient (Wildman–Crippen LogP) is 4.01. The van der Waals surface area contributed by atoms with E-state index in [9.17, 15) is 9.59 Å². The molecule has 1 aliphatic heterocycles. The molecule has 1 fully saturated rings. The van der Waals surface area contributed by atoms with Crippen molar-refractivity contribution in [1.82, 2.24) is 9.80 Å². The predicted molar refractivity (Wildman–Crippen MR) is 117 cm³/mol. The highest BCUT2D eigenvalue weighted by molar-refractivity contribution is 5.93. The molecular formula is C24H31N3O2. The topological polar surface area (TPSA) is 52.7 Å². The van der Waals surface area contributed by atoms with Gasteiger partial charge < -0.3 is 10.2 Å². The third kappa shape index (κ3) is 5.45. The summed E-state index contributed by atoms with van der Waals surface area (Å²) in [5.74, 6) is 0.00810. The Hall–Kier alpha value is -2.66. The third-order valence-electron chi connectivity index (χ3n) is 5.41. The number of carbonyl (C=O) groups is 2. The summed E-state index contributed by atoms with van der Waals surface area (Å²) in [5.41, 5.74) is 2.79. The van der Waals surface area contributed by atoms with Crippen LogP contribution in [0, 0.1) is 6.92 Å². The second-order valence-corrected chi connectivity index (χ2v) is 7.68. The van der Waals surface area contributed by atoms with Crippen molar-refractivity contribution in [3.8, 4) is 0 Å². The number of anilines is 1. The molecule has 154 valence electrons. The molecule has 0 bridgehead atoms. The number of para-hydroxylation sites is 1. The van der Waals surface area contributed by atoms with Crippen molar-refractivity contribution in [3.05, 3.63) is 65.7 Å². The van der Waals surface area contributed by atoms with E-state index in [1.165, 1.54) is 0 Å². The molecule has 1 heterocycles. The molecule has 1 aliphatic rings. The third-order valence-corrected chi connectivity index (χ3v) is 5.41. The zero-order valence-electron chi connectivity index (χ0n) is 17.4. The van der Waals surface area contributed by atoms with Crippen molar-refractivity contribution in [3.63, 3.8) is 0 Å². The van der Waals surface area contributed by atoms with E-state index in [1.54, 1.807) is 0 Å². The zero-order chi connectivity index (χ0) is 20.6. The Morgan fingerprint density at radius 2 is 1.69 bits per heavy atom. The number of benzene rings is 2. The molecular weight excluding hydrogens is 362 g/mol. The maximum atomic E-state index is 13.4. The standard InChI is InChI=1S/C24H31N3O2/c1-3-15-27(18-22(28)25-21-14-8-7-11-19(21)2)23(20-12-5-4-6-13-20)24(29)26-16-9-10-17-26/h4-8,11-14,23H,3,9-10,15-18H2,1-2H3,(H,25,28). The normalized spacial score (nSPS) is 14.8. The molecule has 2 aromatic carbocycles. The molecule has 0 aliphatic carbocycles. The minimum atomic E-state index is -0.433. The van der Waals surface area contributed by atoms with Crippen LogP contribution in [0.3, 0.4) is 0 Å². The van der Waals surface area contributed by atoms with Crippen molar-refractivity contribution < 1.29 is 9.59 Å². The maximum Gasteiger partial charge on any atom is 0.244 e. The molecule has 0 aromatic heterocycles. The SMILES string of the molecule is CCCN(CC(=O)Nc1ccccc1C)C(C(=O)N1CCCC1)c1ccccc1. The summed E-state index contributed by atoms with van der Waals surface area (Å²) in [6.45, 7) is 6.52. The van der Waals surface area contributed by atoms with Crippen molar-refractivity contribution in [2.75, 3.05) is 31.5 Å². The van der Waals surface area contributed by atoms with Gasteiger partial charge in [-0.25, -0.2) is 0 Å². The Morgan fingerprint density at radius 3 is 2.34 bits per heavy atom. The largest absolute Gasteiger partial charge is 0.341 e. The van der Waals surface area contributed by atoms with Gasteiger partial charge in [0, 0.05) is 18.8 Å². The van der Waals surface area contributed by atoms with E-state index in [0.717, 1.165) is 49.2 Å². The van der Waals surface area contributed by atoms with E-state index in [-0.39, 0.29) is 18.4 Å². The van der Waals surface area contributed by atoms with Crippen LogP contribution in [0.15, 0.2) is 54.6 Å². The van der Waals surface area contributed by atoms with Crippen LogP contribution < -0.4 is 5.32 Å². The number of hydrogen-bond donors (Lipinski definition) is 1. The molecule has 2 aromatic rings. The van der Waals surface area contributed by atoms with Crippen LogP contribution in [-0.2, 0) is 9.59 Å². The summed E-state index contributed by atoms with van der Waals surface area (Å²) in [5, 5.41) is 3.01. The number of aryl methyl sites for hydroxylation is 1. The Morgan fingerprint density at radius 1 is 1.03 bits per heavy atom. The fourth-order valence-electron chi connectivity index (χ4n) is 3.93. The maximum absolute atomic E-state index is 13.4. The van der Waals surface area contributed by atoms with Gasteiger partial charge in [-0.2, -0.15) is 0 Å². The van der Waals surface area contributed by atoms with Crippen molar-refractivity contribution in [1.29, 1.82) is 0 Å². The van der Waals surface area contributed by atoms with Crippen LogP contribution >= 0.6 is 0 Å². The molecule has 1 unspecified atom stereocenters. The van der Waals surface area contributed by atoms with E-state index in [4.69, 9.17) is 0 Å². The lowest BCUT2D eigenvalue weighted by Gasteiger charge is -2.33. The summed E-state index contributed by atoms with van der Waals surface area (Å²) in [6, 6.07) is 17.2. The number of nitrogens with zero attached hydrogens (tertiary/aromatic N) is 2. The number of likely N-dealkylation sites (tertiary alicyclic amines) is 1. The van der Waals surface area contributed by atoms with Gasteiger partial charge in [-0.15, -0.1) is 0 Å².